The van der Waals surface area contributed by atoms with E-state index in [0.717, 1.165) is 12.8 Å². The Labute approximate surface area is 99.7 Å². The number of ether oxygens (including phenoxy) is 1. The minimum absolute atomic E-state index is 0.000755. The SMILES string of the molecule is CC(OC(=O)Nc1cccc(Cl)c1)C1CC1. The lowest BCUT2D eigenvalue weighted by atomic mass is 10.3. The number of rotatable bonds is 3. The zero-order valence-electron chi connectivity index (χ0n) is 9.07. The van der Waals surface area contributed by atoms with Gasteiger partial charge >= 0.3 is 6.09 Å². The molecule has 1 amide bonds. The van der Waals surface area contributed by atoms with Gasteiger partial charge in [-0.05, 0) is 43.9 Å². The smallest absolute Gasteiger partial charge is 0.411 e. The third kappa shape index (κ3) is 3.14. The van der Waals surface area contributed by atoms with Gasteiger partial charge in [0.05, 0.1) is 0 Å². The van der Waals surface area contributed by atoms with Crippen LogP contribution in [0.2, 0.25) is 5.02 Å². The summed E-state index contributed by atoms with van der Waals surface area (Å²) in [6.07, 6.45) is 1.90. The van der Waals surface area contributed by atoms with Crippen molar-refractivity contribution in [1.82, 2.24) is 0 Å². The fraction of sp³-hybridized carbons (Fsp3) is 0.417. The van der Waals surface area contributed by atoms with Crippen LogP contribution in [0, 0.1) is 5.92 Å². The first-order chi connectivity index (χ1) is 7.65. The van der Waals surface area contributed by atoms with Gasteiger partial charge < -0.3 is 4.74 Å². The molecule has 16 heavy (non-hydrogen) atoms. The molecule has 0 bridgehead atoms. The van der Waals surface area contributed by atoms with Crippen molar-refractivity contribution in [1.29, 1.82) is 0 Å². The highest BCUT2D eigenvalue weighted by Gasteiger charge is 2.30. The van der Waals surface area contributed by atoms with E-state index in [1.165, 1.54) is 0 Å². The molecule has 1 atom stereocenters. The van der Waals surface area contributed by atoms with Gasteiger partial charge in [0.1, 0.15) is 6.10 Å². The standard InChI is InChI=1S/C12H14ClNO2/c1-8(9-5-6-9)16-12(15)14-11-4-2-3-10(13)7-11/h2-4,7-9H,5-6H2,1H3,(H,14,15). The number of hydrogen-bond acceptors (Lipinski definition) is 2. The van der Waals surface area contributed by atoms with Gasteiger partial charge in [-0.25, -0.2) is 4.79 Å². The highest BCUT2D eigenvalue weighted by Crippen LogP contribution is 2.34. The monoisotopic (exact) mass is 239 g/mol. The lowest BCUT2D eigenvalue weighted by Gasteiger charge is -2.12. The van der Waals surface area contributed by atoms with E-state index in [1.54, 1.807) is 24.3 Å². The molecule has 4 heteroatoms. The zero-order chi connectivity index (χ0) is 11.5. The normalized spacial score (nSPS) is 16.6. The lowest BCUT2D eigenvalue weighted by Crippen LogP contribution is -2.21. The van der Waals surface area contributed by atoms with Crippen LogP contribution in [0.25, 0.3) is 0 Å². The second kappa shape index (κ2) is 4.74. The number of nitrogens with one attached hydrogen (secondary N) is 1. The van der Waals surface area contributed by atoms with Gasteiger partial charge in [-0.3, -0.25) is 5.32 Å². The van der Waals surface area contributed by atoms with Crippen molar-refractivity contribution < 1.29 is 9.53 Å². The van der Waals surface area contributed by atoms with Crippen LogP contribution in [-0.2, 0) is 4.74 Å². The van der Waals surface area contributed by atoms with Gasteiger partial charge in [0.2, 0.25) is 0 Å². The molecule has 0 heterocycles. The summed E-state index contributed by atoms with van der Waals surface area (Å²) in [5, 5.41) is 3.24. The van der Waals surface area contributed by atoms with Crippen molar-refractivity contribution >= 4 is 23.4 Å². The maximum Gasteiger partial charge on any atom is 0.411 e. The van der Waals surface area contributed by atoms with E-state index in [-0.39, 0.29) is 6.10 Å². The van der Waals surface area contributed by atoms with Crippen molar-refractivity contribution in [2.75, 3.05) is 5.32 Å². The molecule has 0 saturated heterocycles. The average molecular weight is 240 g/mol. The Hall–Kier alpha value is -1.22. The molecular weight excluding hydrogens is 226 g/mol. The first-order valence-electron chi connectivity index (χ1n) is 5.38. The molecule has 1 fully saturated rings. The van der Waals surface area contributed by atoms with Crippen molar-refractivity contribution in [2.24, 2.45) is 5.92 Å². The number of anilines is 1. The second-order valence-corrected chi connectivity index (χ2v) is 4.52. The van der Waals surface area contributed by atoms with Crippen LogP contribution in [-0.4, -0.2) is 12.2 Å². The average Bonchev–Trinajstić information content (AvgIpc) is 2.99. The maximum atomic E-state index is 11.5. The number of benzene rings is 1. The Kier molecular flexibility index (Phi) is 3.34. The molecule has 0 radical (unpaired) electrons. The number of carbonyl (C=O) groups is 1. The zero-order valence-corrected chi connectivity index (χ0v) is 9.83. The molecule has 1 aromatic rings. The molecule has 1 unspecified atom stereocenters. The van der Waals surface area contributed by atoms with E-state index in [9.17, 15) is 4.79 Å². The van der Waals surface area contributed by atoms with Crippen molar-refractivity contribution in [3.63, 3.8) is 0 Å². The van der Waals surface area contributed by atoms with Crippen LogP contribution in [0.15, 0.2) is 24.3 Å². The largest absolute Gasteiger partial charge is 0.446 e. The van der Waals surface area contributed by atoms with Crippen LogP contribution >= 0.6 is 11.6 Å². The summed E-state index contributed by atoms with van der Waals surface area (Å²) >= 11 is 5.80. The quantitative estimate of drug-likeness (QED) is 0.874. The van der Waals surface area contributed by atoms with Gasteiger partial charge in [0.15, 0.2) is 0 Å². The Morgan fingerprint density at radius 2 is 2.31 bits per heavy atom. The second-order valence-electron chi connectivity index (χ2n) is 4.08. The van der Waals surface area contributed by atoms with E-state index in [2.05, 4.69) is 5.32 Å². The molecule has 2 rings (SSSR count). The molecule has 1 aliphatic carbocycles. The third-order valence-electron chi connectivity index (χ3n) is 2.65. The first kappa shape index (κ1) is 11.3. The summed E-state index contributed by atoms with van der Waals surface area (Å²) in [6, 6.07) is 6.99. The maximum absolute atomic E-state index is 11.5. The van der Waals surface area contributed by atoms with Crippen LogP contribution in [0.5, 0.6) is 0 Å². The van der Waals surface area contributed by atoms with Gasteiger partial charge in [-0.15, -0.1) is 0 Å². The number of amides is 1. The van der Waals surface area contributed by atoms with E-state index in [1.807, 2.05) is 6.92 Å². The molecule has 1 aliphatic rings. The van der Waals surface area contributed by atoms with Crippen LogP contribution in [0.4, 0.5) is 10.5 Å². The lowest BCUT2D eigenvalue weighted by molar-refractivity contribution is 0.108. The molecule has 1 N–H and O–H groups in total. The Bertz CT molecular complexity index is 390. The highest BCUT2D eigenvalue weighted by atomic mass is 35.5. The molecule has 0 aromatic heterocycles. The van der Waals surface area contributed by atoms with E-state index in [4.69, 9.17) is 16.3 Å². The van der Waals surface area contributed by atoms with E-state index in [0.29, 0.717) is 16.6 Å². The summed E-state index contributed by atoms with van der Waals surface area (Å²) in [5.74, 6) is 0.546. The van der Waals surface area contributed by atoms with Crippen LogP contribution in [0.3, 0.4) is 0 Å². The molecule has 0 aliphatic heterocycles. The van der Waals surface area contributed by atoms with Gasteiger partial charge in [-0.1, -0.05) is 17.7 Å². The van der Waals surface area contributed by atoms with Gasteiger partial charge in [-0.2, -0.15) is 0 Å². The molecule has 86 valence electrons. The minimum Gasteiger partial charge on any atom is -0.446 e. The van der Waals surface area contributed by atoms with Crippen molar-refractivity contribution in [3.05, 3.63) is 29.3 Å². The van der Waals surface area contributed by atoms with Gasteiger partial charge in [0.25, 0.3) is 0 Å². The van der Waals surface area contributed by atoms with E-state index < -0.39 is 6.09 Å². The fourth-order valence-electron chi connectivity index (χ4n) is 1.54. The first-order valence-corrected chi connectivity index (χ1v) is 5.76. The minimum atomic E-state index is -0.415. The topological polar surface area (TPSA) is 38.3 Å². The van der Waals surface area contributed by atoms with Crippen molar-refractivity contribution in [2.45, 2.75) is 25.9 Å². The Morgan fingerprint density at radius 3 is 2.94 bits per heavy atom. The summed E-state index contributed by atoms with van der Waals surface area (Å²) in [5.41, 5.74) is 0.653. The number of hydrogen-bond donors (Lipinski definition) is 1. The van der Waals surface area contributed by atoms with Crippen LogP contribution < -0.4 is 5.32 Å². The predicted octanol–water partition coefficient (Wildman–Crippen LogP) is 3.69. The molecule has 3 nitrogen and oxygen atoms in total. The summed E-state index contributed by atoms with van der Waals surface area (Å²) in [6.45, 7) is 1.93. The van der Waals surface area contributed by atoms with Gasteiger partial charge in [0, 0.05) is 10.7 Å². The Balaban J connectivity index is 1.86. The van der Waals surface area contributed by atoms with E-state index >= 15 is 0 Å². The molecule has 1 aromatic carbocycles. The van der Waals surface area contributed by atoms with Crippen molar-refractivity contribution in [3.8, 4) is 0 Å². The summed E-state index contributed by atoms with van der Waals surface area (Å²) in [4.78, 5) is 11.5. The summed E-state index contributed by atoms with van der Waals surface area (Å²) < 4.78 is 5.22. The highest BCUT2D eigenvalue weighted by molar-refractivity contribution is 6.30. The third-order valence-corrected chi connectivity index (χ3v) is 2.88. The summed E-state index contributed by atoms with van der Waals surface area (Å²) in [7, 11) is 0. The number of halogens is 1. The van der Waals surface area contributed by atoms with Crippen LogP contribution in [0.1, 0.15) is 19.8 Å². The molecular formula is C12H14ClNO2. The Morgan fingerprint density at radius 1 is 1.56 bits per heavy atom. The molecule has 1 saturated carbocycles. The predicted molar refractivity (Wildman–Crippen MR) is 63.7 cm³/mol. The fourth-order valence-corrected chi connectivity index (χ4v) is 1.73. The molecule has 0 spiro atoms. The number of carbonyl (C=O) groups excluding carboxylic acids is 1.